The summed E-state index contributed by atoms with van der Waals surface area (Å²) >= 11 is 0. The predicted octanol–water partition coefficient (Wildman–Crippen LogP) is 23.4. The molecule has 0 aromatic rings. The van der Waals surface area contributed by atoms with Crippen LogP contribution in [0, 0.1) is 0 Å². The van der Waals surface area contributed by atoms with Gasteiger partial charge in [0.25, 0.3) is 0 Å². The fourth-order valence-electron chi connectivity index (χ4n) is 9.45. The third-order valence-corrected chi connectivity index (χ3v) is 14.5. The molecule has 0 aliphatic carbocycles. The van der Waals surface area contributed by atoms with E-state index in [0.29, 0.717) is 19.3 Å². The number of carbonyl (C=O) groups excluding carboxylic acids is 3. The molecule has 6 nitrogen and oxygen atoms in total. The molecule has 0 N–H and O–H groups in total. The first-order chi connectivity index (χ1) is 39.5. The van der Waals surface area contributed by atoms with E-state index >= 15 is 0 Å². The molecule has 0 rings (SSSR count). The number of ether oxygens (including phenoxy) is 3. The Hall–Kier alpha value is -3.93. The van der Waals surface area contributed by atoms with Crippen LogP contribution in [0.1, 0.15) is 323 Å². The number of unbranched alkanes of at least 4 members (excludes halogenated alkanes) is 32. The van der Waals surface area contributed by atoms with Crippen LogP contribution in [0.15, 0.2) is 109 Å². The minimum absolute atomic E-state index is 0.0846. The smallest absolute Gasteiger partial charge is 0.306 e. The van der Waals surface area contributed by atoms with E-state index < -0.39 is 6.10 Å². The Morgan fingerprint density at radius 3 is 0.775 bits per heavy atom. The standard InChI is InChI=1S/C74H126O6/c1-4-7-10-13-16-19-22-25-28-30-32-33-34-35-36-37-38-39-40-41-43-44-46-49-52-55-58-61-64-67-73(76)79-70-71(69-78-72(75)66-63-60-57-54-51-48-27-24-21-18-15-12-9-6-3)80-74(77)68-65-62-59-56-53-50-47-45-42-31-29-26-23-20-17-14-11-8-5-2/h7,10,16,19,25-26,28-29,32-33,35-36,38-39,41,43,46,49,71H,4-6,8-9,11-15,17-18,20-24,27,30-31,34,37,40,42,44-45,47-48,50-70H2,1-3H3/b10-7-,19-16-,28-25-,29-26-,33-32-,36-35-,39-38-,43-41-,49-46-. The van der Waals surface area contributed by atoms with Crippen molar-refractivity contribution in [2.75, 3.05) is 13.2 Å². The van der Waals surface area contributed by atoms with Gasteiger partial charge in [-0.3, -0.25) is 14.4 Å². The monoisotopic (exact) mass is 1110 g/mol. The third kappa shape index (κ3) is 64.9. The van der Waals surface area contributed by atoms with Crippen LogP contribution >= 0.6 is 0 Å². The largest absolute Gasteiger partial charge is 0.462 e. The van der Waals surface area contributed by atoms with Crippen LogP contribution < -0.4 is 0 Å². The molecule has 0 aliphatic rings. The summed E-state index contributed by atoms with van der Waals surface area (Å²) in [6.07, 6.45) is 92.4. The molecule has 458 valence electrons. The number of carbonyl (C=O) groups is 3. The van der Waals surface area contributed by atoms with E-state index in [0.717, 1.165) is 122 Å². The lowest BCUT2D eigenvalue weighted by molar-refractivity contribution is -0.167. The molecule has 0 radical (unpaired) electrons. The van der Waals surface area contributed by atoms with E-state index in [1.807, 2.05) is 0 Å². The Morgan fingerprint density at radius 2 is 0.487 bits per heavy atom. The Morgan fingerprint density at radius 1 is 0.263 bits per heavy atom. The van der Waals surface area contributed by atoms with Crippen LogP contribution in [0.5, 0.6) is 0 Å². The summed E-state index contributed by atoms with van der Waals surface area (Å²) in [5, 5.41) is 0. The van der Waals surface area contributed by atoms with E-state index in [1.165, 1.54) is 161 Å². The Bertz CT molecular complexity index is 1610. The molecular formula is C74H126O6. The van der Waals surface area contributed by atoms with Crippen molar-refractivity contribution in [3.05, 3.63) is 109 Å². The van der Waals surface area contributed by atoms with Crippen LogP contribution in [-0.4, -0.2) is 37.2 Å². The average molecular weight is 1110 g/mol. The number of allylic oxidation sites excluding steroid dienone is 18. The van der Waals surface area contributed by atoms with Crippen molar-refractivity contribution in [3.63, 3.8) is 0 Å². The predicted molar refractivity (Wildman–Crippen MR) is 348 cm³/mol. The van der Waals surface area contributed by atoms with Crippen molar-refractivity contribution in [1.82, 2.24) is 0 Å². The summed E-state index contributed by atoms with van der Waals surface area (Å²) in [5.41, 5.74) is 0. The number of hydrogen-bond acceptors (Lipinski definition) is 6. The first kappa shape index (κ1) is 76.1. The summed E-state index contributed by atoms with van der Waals surface area (Å²) in [4.78, 5) is 38.4. The van der Waals surface area contributed by atoms with E-state index in [9.17, 15) is 14.4 Å². The maximum Gasteiger partial charge on any atom is 0.306 e. The lowest BCUT2D eigenvalue weighted by atomic mass is 10.0. The van der Waals surface area contributed by atoms with Gasteiger partial charge < -0.3 is 14.2 Å². The van der Waals surface area contributed by atoms with E-state index in [4.69, 9.17) is 14.2 Å². The Balaban J connectivity index is 4.38. The van der Waals surface area contributed by atoms with Crippen LogP contribution in [0.3, 0.4) is 0 Å². The van der Waals surface area contributed by atoms with Crippen molar-refractivity contribution >= 4 is 17.9 Å². The van der Waals surface area contributed by atoms with Crippen LogP contribution in [-0.2, 0) is 28.6 Å². The third-order valence-electron chi connectivity index (χ3n) is 14.5. The normalized spacial score (nSPS) is 12.8. The minimum Gasteiger partial charge on any atom is -0.462 e. The highest BCUT2D eigenvalue weighted by atomic mass is 16.6. The summed E-state index contributed by atoms with van der Waals surface area (Å²) in [6, 6.07) is 0. The molecule has 0 saturated heterocycles. The van der Waals surface area contributed by atoms with Gasteiger partial charge in [0.1, 0.15) is 13.2 Å². The van der Waals surface area contributed by atoms with E-state index in [2.05, 4.69) is 130 Å². The maximum atomic E-state index is 12.9. The molecule has 0 fully saturated rings. The van der Waals surface area contributed by atoms with Crippen molar-refractivity contribution in [2.45, 2.75) is 329 Å². The topological polar surface area (TPSA) is 78.9 Å². The van der Waals surface area contributed by atoms with E-state index in [-0.39, 0.29) is 31.1 Å². The fraction of sp³-hybridized carbons (Fsp3) is 0.716. The van der Waals surface area contributed by atoms with Crippen LogP contribution in [0.2, 0.25) is 0 Å². The van der Waals surface area contributed by atoms with Gasteiger partial charge in [0, 0.05) is 19.3 Å². The van der Waals surface area contributed by atoms with Gasteiger partial charge in [-0.2, -0.15) is 0 Å². The average Bonchev–Trinajstić information content (AvgIpc) is 3.46. The van der Waals surface area contributed by atoms with Crippen molar-refractivity contribution in [2.24, 2.45) is 0 Å². The minimum atomic E-state index is -0.791. The van der Waals surface area contributed by atoms with Crippen molar-refractivity contribution in [1.29, 1.82) is 0 Å². The van der Waals surface area contributed by atoms with E-state index in [1.54, 1.807) is 0 Å². The Kier molecular flexibility index (Phi) is 64.3. The molecule has 0 amide bonds. The van der Waals surface area contributed by atoms with Gasteiger partial charge in [-0.25, -0.2) is 0 Å². The first-order valence-corrected chi connectivity index (χ1v) is 33.9. The van der Waals surface area contributed by atoms with Gasteiger partial charge in [0.05, 0.1) is 0 Å². The van der Waals surface area contributed by atoms with Gasteiger partial charge in [-0.1, -0.05) is 304 Å². The zero-order chi connectivity index (χ0) is 57.8. The molecule has 0 bridgehead atoms. The second-order valence-electron chi connectivity index (χ2n) is 22.4. The molecule has 0 saturated carbocycles. The first-order valence-electron chi connectivity index (χ1n) is 33.9. The van der Waals surface area contributed by atoms with Gasteiger partial charge in [-0.05, 0) is 109 Å². The summed E-state index contributed by atoms with van der Waals surface area (Å²) < 4.78 is 16.9. The molecule has 1 unspecified atom stereocenters. The summed E-state index contributed by atoms with van der Waals surface area (Å²) in [7, 11) is 0. The van der Waals surface area contributed by atoms with Gasteiger partial charge in [0.15, 0.2) is 6.10 Å². The molecule has 1 atom stereocenters. The molecule has 0 heterocycles. The fourth-order valence-corrected chi connectivity index (χ4v) is 9.45. The number of hydrogen-bond donors (Lipinski definition) is 0. The maximum absolute atomic E-state index is 12.9. The van der Waals surface area contributed by atoms with Crippen molar-refractivity contribution in [3.8, 4) is 0 Å². The second-order valence-corrected chi connectivity index (χ2v) is 22.4. The quantitative estimate of drug-likeness (QED) is 0.0261. The SMILES string of the molecule is CC/C=C\C/C=C\C/C=C\C/C=C\C/C=C\C/C=C\C/C=C\C/C=C\CCCCCCC(=O)OCC(COC(=O)CCCCCCCCCCCCCCCC)OC(=O)CCCCCCCCCCC/C=C\CCCCCCCC. The molecule has 6 heteroatoms. The van der Waals surface area contributed by atoms with Gasteiger partial charge in [0.2, 0.25) is 0 Å². The van der Waals surface area contributed by atoms with Gasteiger partial charge in [-0.15, -0.1) is 0 Å². The number of rotatable bonds is 61. The second kappa shape index (κ2) is 67.6. The highest BCUT2D eigenvalue weighted by Crippen LogP contribution is 2.16. The number of esters is 3. The summed E-state index contributed by atoms with van der Waals surface area (Å²) in [6.45, 7) is 6.53. The molecule has 0 spiro atoms. The molecule has 0 aromatic heterocycles. The highest BCUT2D eigenvalue weighted by Gasteiger charge is 2.19. The molecule has 80 heavy (non-hydrogen) atoms. The van der Waals surface area contributed by atoms with Crippen molar-refractivity contribution < 1.29 is 28.6 Å². The molecule has 0 aromatic carbocycles. The lowest BCUT2D eigenvalue weighted by Gasteiger charge is -2.18. The molecular weight excluding hydrogens is 985 g/mol. The lowest BCUT2D eigenvalue weighted by Crippen LogP contribution is -2.30. The summed E-state index contributed by atoms with van der Waals surface area (Å²) in [5.74, 6) is -0.901. The zero-order valence-corrected chi connectivity index (χ0v) is 52.6. The van der Waals surface area contributed by atoms with Crippen LogP contribution in [0.25, 0.3) is 0 Å². The molecule has 0 aliphatic heterocycles. The van der Waals surface area contributed by atoms with Gasteiger partial charge >= 0.3 is 17.9 Å². The highest BCUT2D eigenvalue weighted by molar-refractivity contribution is 5.71. The Labute approximate surface area is 495 Å². The zero-order valence-electron chi connectivity index (χ0n) is 52.6. The van der Waals surface area contributed by atoms with Crippen LogP contribution in [0.4, 0.5) is 0 Å².